The van der Waals surface area contributed by atoms with Crippen molar-refractivity contribution in [2.45, 2.75) is 58.5 Å². The predicted molar refractivity (Wildman–Crippen MR) is 127 cm³/mol. The second kappa shape index (κ2) is 14.9. The molecule has 1 fully saturated rings. The van der Waals surface area contributed by atoms with Crippen molar-refractivity contribution < 1.29 is 28.9 Å². The molecule has 10 nitrogen and oxygen atoms in total. The van der Waals surface area contributed by atoms with Crippen molar-refractivity contribution in [2.75, 3.05) is 27.4 Å². The maximum Gasteiger partial charge on any atom is 0.404 e. The first kappa shape index (κ1) is 28.0. The average Bonchev–Trinajstić information content (AvgIpc) is 2.73. The summed E-state index contributed by atoms with van der Waals surface area (Å²) in [7, 11) is 3.13. The third-order valence-electron chi connectivity index (χ3n) is 4.80. The Morgan fingerprint density at radius 2 is 1.82 bits per heavy atom. The van der Waals surface area contributed by atoms with E-state index in [1.165, 1.54) is 0 Å². The number of carbonyl (C=O) groups is 2. The van der Waals surface area contributed by atoms with E-state index >= 15 is 0 Å². The van der Waals surface area contributed by atoms with E-state index in [2.05, 4.69) is 29.5 Å². The first-order valence-corrected chi connectivity index (χ1v) is 11.1. The number of guanidine groups is 1. The molecule has 0 unspecified atom stereocenters. The van der Waals surface area contributed by atoms with Crippen LogP contribution in [0.2, 0.25) is 0 Å². The highest BCUT2D eigenvalue weighted by Crippen LogP contribution is 2.27. The number of methoxy groups -OCH3 is 2. The zero-order valence-electron chi connectivity index (χ0n) is 20.2. The number of nitrogens with one attached hydrogen (secondary N) is 2. The van der Waals surface area contributed by atoms with Crippen molar-refractivity contribution in [1.29, 1.82) is 0 Å². The van der Waals surface area contributed by atoms with E-state index in [1.807, 2.05) is 13.0 Å². The van der Waals surface area contributed by atoms with Crippen LogP contribution in [0.4, 0.5) is 4.79 Å². The highest BCUT2D eigenvalue weighted by molar-refractivity contribution is 5.97. The monoisotopic (exact) mass is 466 g/mol. The van der Waals surface area contributed by atoms with Crippen LogP contribution in [0.1, 0.15) is 45.6 Å². The summed E-state index contributed by atoms with van der Waals surface area (Å²) in [6.07, 6.45) is 1.77. The van der Waals surface area contributed by atoms with E-state index < -0.39 is 6.09 Å². The predicted octanol–water partition coefficient (Wildman–Crippen LogP) is 2.54. The van der Waals surface area contributed by atoms with Gasteiger partial charge in [0, 0.05) is 19.3 Å². The molecular weight excluding hydrogens is 428 g/mol. The Morgan fingerprint density at radius 3 is 2.36 bits per heavy atom. The molecule has 1 atom stereocenters. The summed E-state index contributed by atoms with van der Waals surface area (Å²) in [5.41, 5.74) is 6.59. The first-order valence-electron chi connectivity index (χ1n) is 11.1. The molecule has 1 heterocycles. The summed E-state index contributed by atoms with van der Waals surface area (Å²) in [6.45, 7) is 7.57. The Morgan fingerprint density at radius 1 is 1.18 bits per heavy atom. The lowest BCUT2D eigenvalue weighted by atomic mass is 10.1. The number of nitrogens with zero attached hydrogens (tertiary/aromatic N) is 1. The van der Waals surface area contributed by atoms with Crippen molar-refractivity contribution in [1.82, 2.24) is 10.6 Å². The van der Waals surface area contributed by atoms with Gasteiger partial charge in [0.05, 0.1) is 26.7 Å². The van der Waals surface area contributed by atoms with Gasteiger partial charge in [0.2, 0.25) is 5.91 Å². The van der Waals surface area contributed by atoms with Crippen molar-refractivity contribution in [3.8, 4) is 11.5 Å². The van der Waals surface area contributed by atoms with Crippen LogP contribution in [0.15, 0.2) is 23.2 Å². The van der Waals surface area contributed by atoms with Crippen LogP contribution in [0, 0.1) is 5.92 Å². The van der Waals surface area contributed by atoms with Gasteiger partial charge in [-0.1, -0.05) is 19.9 Å². The fourth-order valence-electron chi connectivity index (χ4n) is 3.38. The topological polar surface area (TPSA) is 144 Å². The van der Waals surface area contributed by atoms with E-state index in [0.717, 1.165) is 24.8 Å². The minimum atomic E-state index is -0.938. The number of aliphatic imine (C=N–C) groups is 1. The minimum Gasteiger partial charge on any atom is -0.493 e. The Labute approximate surface area is 195 Å². The fraction of sp³-hybridized carbons (Fsp3) is 0.609. The molecule has 1 aliphatic heterocycles. The van der Waals surface area contributed by atoms with Gasteiger partial charge in [0.25, 0.3) is 0 Å². The van der Waals surface area contributed by atoms with Crippen LogP contribution in [0.25, 0.3) is 0 Å². The number of nitrogens with two attached hydrogens (primary N) is 1. The molecule has 0 bridgehead atoms. The van der Waals surface area contributed by atoms with Gasteiger partial charge in [-0.2, -0.15) is 0 Å². The van der Waals surface area contributed by atoms with Crippen LogP contribution in [0.3, 0.4) is 0 Å². The van der Waals surface area contributed by atoms with Crippen LogP contribution < -0.4 is 25.8 Å². The Hall–Kier alpha value is -3.01. The lowest BCUT2D eigenvalue weighted by molar-refractivity contribution is -0.119. The molecule has 1 aliphatic rings. The summed E-state index contributed by atoms with van der Waals surface area (Å²) in [5.74, 6) is 1.69. The van der Waals surface area contributed by atoms with Crippen LogP contribution >= 0.6 is 0 Å². The largest absolute Gasteiger partial charge is 0.493 e. The summed E-state index contributed by atoms with van der Waals surface area (Å²) in [4.78, 5) is 26.4. The molecule has 0 aromatic heterocycles. The average molecular weight is 467 g/mol. The summed E-state index contributed by atoms with van der Waals surface area (Å²) in [6, 6.07) is 5.54. The van der Waals surface area contributed by atoms with Gasteiger partial charge in [0.15, 0.2) is 17.5 Å². The van der Waals surface area contributed by atoms with Crippen molar-refractivity contribution in [3.63, 3.8) is 0 Å². The summed E-state index contributed by atoms with van der Waals surface area (Å²) < 4.78 is 15.4. The second-order valence-corrected chi connectivity index (χ2v) is 8.24. The number of amides is 2. The van der Waals surface area contributed by atoms with Crippen molar-refractivity contribution in [2.24, 2.45) is 16.6 Å². The van der Waals surface area contributed by atoms with Gasteiger partial charge in [-0.25, -0.2) is 4.79 Å². The molecule has 1 aromatic carbocycles. The van der Waals surface area contributed by atoms with E-state index in [4.69, 9.17) is 25.1 Å². The Balaban J connectivity index is 0.000000451. The molecule has 1 saturated heterocycles. The van der Waals surface area contributed by atoms with E-state index in [9.17, 15) is 9.59 Å². The number of rotatable bonds is 8. The molecule has 0 aliphatic carbocycles. The minimum absolute atomic E-state index is 0.0800. The van der Waals surface area contributed by atoms with Gasteiger partial charge in [0.1, 0.15) is 0 Å². The quantitative estimate of drug-likeness (QED) is 0.340. The van der Waals surface area contributed by atoms with Crippen molar-refractivity contribution >= 4 is 18.0 Å². The zero-order chi connectivity index (χ0) is 24.8. The van der Waals surface area contributed by atoms with Crippen LogP contribution in [0.5, 0.6) is 11.5 Å². The van der Waals surface area contributed by atoms with Gasteiger partial charge in [-0.3, -0.25) is 15.1 Å². The molecule has 5 N–H and O–H groups in total. The number of ether oxygens (including phenoxy) is 3. The molecular formula is C23H38N4O6. The van der Waals surface area contributed by atoms with Gasteiger partial charge < -0.3 is 30.4 Å². The molecule has 2 rings (SSSR count). The van der Waals surface area contributed by atoms with Crippen LogP contribution in [-0.4, -0.2) is 62.6 Å². The smallest absolute Gasteiger partial charge is 0.404 e. The van der Waals surface area contributed by atoms with E-state index in [1.54, 1.807) is 26.4 Å². The number of hydrogen-bond donors (Lipinski definition) is 4. The SMILES string of the molecule is COc1ccc(CC(=O)NC(N)=N[C@H](C)CC(C)C)cc1OC.O=C(O)NC1CCOCC1. The zero-order valence-corrected chi connectivity index (χ0v) is 20.2. The molecule has 2 amide bonds. The lowest BCUT2D eigenvalue weighted by Gasteiger charge is -2.21. The Bertz CT molecular complexity index is 778. The summed E-state index contributed by atoms with van der Waals surface area (Å²) >= 11 is 0. The highest BCUT2D eigenvalue weighted by Gasteiger charge is 2.14. The lowest BCUT2D eigenvalue weighted by Crippen LogP contribution is -2.38. The van der Waals surface area contributed by atoms with Crippen molar-refractivity contribution in [3.05, 3.63) is 23.8 Å². The second-order valence-electron chi connectivity index (χ2n) is 8.24. The van der Waals surface area contributed by atoms with Gasteiger partial charge in [-0.05, 0) is 49.8 Å². The summed E-state index contributed by atoms with van der Waals surface area (Å²) in [5, 5.41) is 13.3. The molecule has 0 spiro atoms. The standard InChI is InChI=1S/C17H27N3O3.C6H11NO3/c1-11(2)8-12(3)19-17(18)20-16(21)10-13-6-7-14(22-4)15(9-13)23-5;8-6(9)7-5-1-3-10-4-2-5/h6-7,9,11-12H,8,10H2,1-5H3,(H3,18,19,20,21);5,7H,1-4H2,(H,8,9)/t12-;/m1./s1. The molecule has 1 aromatic rings. The van der Waals surface area contributed by atoms with E-state index in [0.29, 0.717) is 30.6 Å². The van der Waals surface area contributed by atoms with Gasteiger partial charge in [-0.15, -0.1) is 0 Å². The number of carbonyl (C=O) groups excluding carboxylic acids is 1. The third-order valence-corrected chi connectivity index (χ3v) is 4.80. The normalized spacial score (nSPS) is 15.2. The number of hydrogen-bond acceptors (Lipinski definition) is 6. The molecule has 186 valence electrons. The fourth-order valence-corrected chi connectivity index (χ4v) is 3.38. The first-order chi connectivity index (χ1) is 15.6. The highest BCUT2D eigenvalue weighted by atomic mass is 16.5. The van der Waals surface area contributed by atoms with Crippen LogP contribution in [-0.2, 0) is 16.0 Å². The van der Waals surface area contributed by atoms with Gasteiger partial charge >= 0.3 is 6.09 Å². The van der Waals surface area contributed by atoms with E-state index in [-0.39, 0.29) is 30.4 Å². The molecule has 0 saturated carbocycles. The molecule has 10 heteroatoms. The molecule has 33 heavy (non-hydrogen) atoms. The maximum atomic E-state index is 12.0. The Kier molecular flexibility index (Phi) is 12.7. The number of carboxylic acid groups (broad SMARTS) is 1. The maximum absolute atomic E-state index is 12.0. The number of benzene rings is 1. The third kappa shape index (κ3) is 12.0. The molecule has 0 radical (unpaired) electrons.